The Bertz CT molecular complexity index is 633. The Labute approximate surface area is 116 Å². The topological polar surface area (TPSA) is 115 Å². The van der Waals surface area contributed by atoms with Gasteiger partial charge in [-0.05, 0) is 19.3 Å². The van der Waals surface area contributed by atoms with Crippen molar-refractivity contribution in [1.82, 2.24) is 19.8 Å². The Hall–Kier alpha value is -1.61. The minimum absolute atomic E-state index is 0.190. The fraction of sp³-hybridized carbons (Fsp3) is 0.636. The van der Waals surface area contributed by atoms with Crippen molar-refractivity contribution < 1.29 is 13.2 Å². The molecule has 1 amide bonds. The number of aromatic amines is 2. The lowest BCUT2D eigenvalue weighted by Crippen LogP contribution is -2.49. The molecule has 3 N–H and O–H groups in total. The molecule has 20 heavy (non-hydrogen) atoms. The first-order valence-electron chi connectivity index (χ1n) is 6.40. The summed E-state index contributed by atoms with van der Waals surface area (Å²) in [6.45, 7) is 0.751. The molecule has 1 fully saturated rings. The molecule has 1 atom stereocenters. The highest BCUT2D eigenvalue weighted by Gasteiger charge is 2.28. The number of carbonyl (C=O) groups excluding carboxylic acids is 1. The SMILES string of the molecule is CS(=O)(=O)NCC1CCCCN1C(=O)c1cc(=O)[nH][nH]1. The third kappa shape index (κ3) is 3.70. The van der Waals surface area contributed by atoms with Gasteiger partial charge in [0.25, 0.3) is 11.5 Å². The number of nitrogens with one attached hydrogen (secondary N) is 3. The summed E-state index contributed by atoms with van der Waals surface area (Å²) in [6, 6.07) is 1.02. The van der Waals surface area contributed by atoms with Crippen LogP contribution in [-0.4, -0.2) is 54.8 Å². The molecule has 0 radical (unpaired) electrons. The third-order valence-electron chi connectivity index (χ3n) is 3.30. The highest BCUT2D eigenvalue weighted by molar-refractivity contribution is 7.88. The van der Waals surface area contributed by atoms with Crippen LogP contribution in [0.3, 0.4) is 0 Å². The molecule has 0 bridgehead atoms. The second-order valence-corrected chi connectivity index (χ2v) is 6.77. The summed E-state index contributed by atoms with van der Waals surface area (Å²) in [4.78, 5) is 25.0. The van der Waals surface area contributed by atoms with Crippen LogP contribution in [0.4, 0.5) is 0 Å². The number of hydrogen-bond acceptors (Lipinski definition) is 4. The summed E-state index contributed by atoms with van der Waals surface area (Å²) in [7, 11) is -3.29. The summed E-state index contributed by atoms with van der Waals surface area (Å²) in [5, 5.41) is 4.85. The molecule has 2 heterocycles. The molecule has 0 aliphatic carbocycles. The van der Waals surface area contributed by atoms with E-state index in [1.165, 1.54) is 6.07 Å². The molecular formula is C11H18N4O4S. The van der Waals surface area contributed by atoms with Crippen LogP contribution in [0.25, 0.3) is 0 Å². The van der Waals surface area contributed by atoms with E-state index < -0.39 is 10.0 Å². The highest BCUT2D eigenvalue weighted by Crippen LogP contribution is 2.18. The number of likely N-dealkylation sites (tertiary alicyclic amines) is 1. The van der Waals surface area contributed by atoms with Crippen molar-refractivity contribution in [2.45, 2.75) is 25.3 Å². The van der Waals surface area contributed by atoms with Crippen molar-refractivity contribution >= 4 is 15.9 Å². The van der Waals surface area contributed by atoms with E-state index in [2.05, 4.69) is 14.9 Å². The fourth-order valence-electron chi connectivity index (χ4n) is 2.33. The third-order valence-corrected chi connectivity index (χ3v) is 3.99. The van der Waals surface area contributed by atoms with Gasteiger partial charge in [-0.2, -0.15) is 0 Å². The number of aromatic nitrogens is 2. The lowest BCUT2D eigenvalue weighted by Gasteiger charge is -2.35. The van der Waals surface area contributed by atoms with Gasteiger partial charge in [-0.25, -0.2) is 13.1 Å². The van der Waals surface area contributed by atoms with Gasteiger partial charge in [0.05, 0.1) is 6.26 Å². The number of carbonyl (C=O) groups is 1. The van der Waals surface area contributed by atoms with Crippen LogP contribution >= 0.6 is 0 Å². The second-order valence-electron chi connectivity index (χ2n) is 4.94. The minimum Gasteiger partial charge on any atom is -0.333 e. The Morgan fingerprint density at radius 1 is 1.45 bits per heavy atom. The van der Waals surface area contributed by atoms with E-state index in [1.807, 2.05) is 0 Å². The van der Waals surface area contributed by atoms with Crippen LogP contribution in [0.15, 0.2) is 10.9 Å². The zero-order valence-electron chi connectivity index (χ0n) is 11.2. The van der Waals surface area contributed by atoms with Crippen molar-refractivity contribution in [2.75, 3.05) is 19.3 Å². The molecule has 1 aliphatic rings. The Morgan fingerprint density at radius 2 is 2.20 bits per heavy atom. The number of sulfonamides is 1. The molecule has 0 spiro atoms. The van der Waals surface area contributed by atoms with E-state index in [0.29, 0.717) is 6.54 Å². The maximum atomic E-state index is 12.3. The number of H-pyrrole nitrogens is 2. The molecule has 0 aromatic carbocycles. The average Bonchev–Trinajstić information content (AvgIpc) is 2.82. The van der Waals surface area contributed by atoms with Gasteiger partial charge in [0.1, 0.15) is 5.69 Å². The van der Waals surface area contributed by atoms with Crippen LogP contribution in [0.2, 0.25) is 0 Å². The summed E-state index contributed by atoms with van der Waals surface area (Å²) >= 11 is 0. The second kappa shape index (κ2) is 5.80. The van der Waals surface area contributed by atoms with Gasteiger partial charge in [0.2, 0.25) is 10.0 Å². The maximum Gasteiger partial charge on any atom is 0.272 e. The molecule has 1 aromatic rings. The molecule has 112 valence electrons. The van der Waals surface area contributed by atoms with Gasteiger partial charge in [0.15, 0.2) is 0 Å². The van der Waals surface area contributed by atoms with Gasteiger partial charge in [-0.15, -0.1) is 0 Å². The first-order chi connectivity index (χ1) is 9.37. The first kappa shape index (κ1) is 14.8. The van der Waals surface area contributed by atoms with Gasteiger partial charge in [-0.3, -0.25) is 19.8 Å². The summed E-state index contributed by atoms with van der Waals surface area (Å²) in [5.41, 5.74) is -0.169. The normalized spacial score (nSPS) is 20.1. The fourth-order valence-corrected chi connectivity index (χ4v) is 2.82. The number of amides is 1. The van der Waals surface area contributed by atoms with E-state index >= 15 is 0 Å². The smallest absolute Gasteiger partial charge is 0.272 e. The zero-order chi connectivity index (χ0) is 14.8. The highest BCUT2D eigenvalue weighted by atomic mass is 32.2. The molecule has 2 rings (SSSR count). The monoisotopic (exact) mass is 302 g/mol. The Balaban J connectivity index is 2.10. The number of piperidine rings is 1. The van der Waals surface area contributed by atoms with Crippen LogP contribution < -0.4 is 10.3 Å². The molecule has 1 saturated heterocycles. The molecule has 1 aliphatic heterocycles. The summed E-state index contributed by atoms with van der Waals surface area (Å²) < 4.78 is 24.7. The first-order valence-corrected chi connectivity index (χ1v) is 8.29. The molecule has 9 heteroatoms. The number of hydrogen-bond donors (Lipinski definition) is 3. The van der Waals surface area contributed by atoms with E-state index in [-0.39, 0.29) is 29.7 Å². The van der Waals surface area contributed by atoms with E-state index in [9.17, 15) is 18.0 Å². The predicted molar refractivity (Wildman–Crippen MR) is 72.9 cm³/mol. The lowest BCUT2D eigenvalue weighted by molar-refractivity contribution is 0.0612. The van der Waals surface area contributed by atoms with Crippen LogP contribution in [0.5, 0.6) is 0 Å². The van der Waals surface area contributed by atoms with Gasteiger partial charge in [0, 0.05) is 25.2 Å². The van der Waals surface area contributed by atoms with Gasteiger partial charge >= 0.3 is 0 Å². The van der Waals surface area contributed by atoms with Crippen molar-refractivity contribution in [1.29, 1.82) is 0 Å². The average molecular weight is 302 g/mol. The maximum absolute atomic E-state index is 12.3. The quantitative estimate of drug-likeness (QED) is 0.678. The van der Waals surface area contributed by atoms with Crippen molar-refractivity contribution in [2.24, 2.45) is 0 Å². The molecule has 0 saturated carbocycles. The van der Waals surface area contributed by atoms with E-state index in [1.54, 1.807) is 4.90 Å². The van der Waals surface area contributed by atoms with Crippen LogP contribution in [0.1, 0.15) is 29.8 Å². The molecule has 1 aromatic heterocycles. The summed E-state index contributed by atoms with van der Waals surface area (Å²) in [6.07, 6.45) is 3.65. The predicted octanol–water partition coefficient (Wildman–Crippen LogP) is -0.753. The zero-order valence-corrected chi connectivity index (χ0v) is 12.0. The molecular weight excluding hydrogens is 284 g/mol. The molecule has 1 unspecified atom stereocenters. The number of nitrogens with zero attached hydrogens (tertiary/aromatic N) is 1. The number of rotatable bonds is 4. The Morgan fingerprint density at radius 3 is 2.80 bits per heavy atom. The van der Waals surface area contributed by atoms with Gasteiger partial charge in [-0.1, -0.05) is 0 Å². The van der Waals surface area contributed by atoms with E-state index in [4.69, 9.17) is 0 Å². The van der Waals surface area contributed by atoms with Gasteiger partial charge < -0.3 is 4.90 Å². The van der Waals surface area contributed by atoms with Crippen molar-refractivity contribution in [3.63, 3.8) is 0 Å². The minimum atomic E-state index is -3.29. The standard InChI is InChI=1S/C11H18N4O4S/c1-20(18,19)12-7-8-4-2-3-5-15(8)11(17)9-6-10(16)14-13-9/h6,8,12H,2-5,7H2,1H3,(H2,13,14,16). The van der Waals surface area contributed by atoms with Crippen molar-refractivity contribution in [3.8, 4) is 0 Å². The van der Waals surface area contributed by atoms with Crippen molar-refractivity contribution in [3.05, 3.63) is 22.1 Å². The summed E-state index contributed by atoms with van der Waals surface area (Å²) in [5.74, 6) is -0.289. The van der Waals surface area contributed by atoms with E-state index in [0.717, 1.165) is 25.5 Å². The van der Waals surface area contributed by atoms with Crippen LogP contribution in [0, 0.1) is 0 Å². The largest absolute Gasteiger partial charge is 0.333 e. The molecule has 8 nitrogen and oxygen atoms in total. The lowest BCUT2D eigenvalue weighted by atomic mass is 10.0. The Kier molecular flexibility index (Phi) is 4.29. The van der Waals surface area contributed by atoms with Crippen LogP contribution in [-0.2, 0) is 10.0 Å².